The Labute approximate surface area is 171 Å². The number of nitrogens with zero attached hydrogens (tertiary/aromatic N) is 2. The lowest BCUT2D eigenvalue weighted by molar-refractivity contribution is 0.0697. The molecule has 0 saturated heterocycles. The van der Waals surface area contributed by atoms with Crippen molar-refractivity contribution >= 4 is 17.5 Å². The van der Waals surface area contributed by atoms with Gasteiger partial charge in [-0.3, -0.25) is 9.59 Å². The SMILES string of the molecule is N#Cc1ccc(C(=O)Nc2ccc3c(c2)CCN(CC2CCCCC2)C3=O)cc1. The summed E-state index contributed by atoms with van der Waals surface area (Å²) in [6, 6.07) is 14.1. The summed E-state index contributed by atoms with van der Waals surface area (Å²) in [5.74, 6) is 0.525. The highest BCUT2D eigenvalue weighted by Crippen LogP contribution is 2.28. The van der Waals surface area contributed by atoms with Crippen LogP contribution in [0, 0.1) is 17.2 Å². The van der Waals surface area contributed by atoms with Crippen molar-refractivity contribution in [1.29, 1.82) is 5.26 Å². The minimum atomic E-state index is -0.226. The number of nitrogens with one attached hydrogen (secondary N) is 1. The molecule has 5 nitrogen and oxygen atoms in total. The Hall–Kier alpha value is -3.13. The molecule has 5 heteroatoms. The molecule has 1 heterocycles. The maximum absolute atomic E-state index is 12.9. The molecule has 0 aromatic heterocycles. The van der Waals surface area contributed by atoms with Gasteiger partial charge in [-0.1, -0.05) is 19.3 Å². The first-order valence-corrected chi connectivity index (χ1v) is 10.4. The molecule has 0 atom stereocenters. The van der Waals surface area contributed by atoms with Crippen LogP contribution in [0.15, 0.2) is 42.5 Å². The molecule has 0 spiro atoms. The highest BCUT2D eigenvalue weighted by molar-refractivity contribution is 6.05. The van der Waals surface area contributed by atoms with E-state index in [0.717, 1.165) is 30.6 Å². The lowest BCUT2D eigenvalue weighted by Crippen LogP contribution is -2.41. The van der Waals surface area contributed by atoms with E-state index in [4.69, 9.17) is 5.26 Å². The third-order valence-corrected chi connectivity index (χ3v) is 6.01. The Bertz CT molecular complexity index is 953. The van der Waals surface area contributed by atoms with Gasteiger partial charge in [-0.05, 0) is 73.2 Å². The van der Waals surface area contributed by atoms with E-state index in [1.165, 1.54) is 32.1 Å². The molecule has 148 valence electrons. The monoisotopic (exact) mass is 387 g/mol. The van der Waals surface area contributed by atoms with Gasteiger partial charge >= 0.3 is 0 Å². The Morgan fingerprint density at radius 1 is 1.10 bits per heavy atom. The van der Waals surface area contributed by atoms with Crippen molar-refractivity contribution in [3.8, 4) is 6.07 Å². The number of carbonyl (C=O) groups excluding carboxylic acids is 2. The fourth-order valence-electron chi connectivity index (χ4n) is 4.37. The van der Waals surface area contributed by atoms with E-state index < -0.39 is 0 Å². The molecule has 2 aliphatic rings. The normalized spacial score (nSPS) is 16.8. The molecule has 2 aromatic rings. The van der Waals surface area contributed by atoms with Gasteiger partial charge < -0.3 is 10.2 Å². The highest BCUT2D eigenvalue weighted by atomic mass is 16.2. The number of fused-ring (bicyclic) bond motifs is 1. The Morgan fingerprint density at radius 3 is 2.59 bits per heavy atom. The minimum Gasteiger partial charge on any atom is -0.338 e. The van der Waals surface area contributed by atoms with Gasteiger partial charge in [0.25, 0.3) is 11.8 Å². The lowest BCUT2D eigenvalue weighted by Gasteiger charge is -2.33. The van der Waals surface area contributed by atoms with Crippen molar-refractivity contribution < 1.29 is 9.59 Å². The van der Waals surface area contributed by atoms with Crippen molar-refractivity contribution in [1.82, 2.24) is 4.90 Å². The summed E-state index contributed by atoms with van der Waals surface area (Å²) >= 11 is 0. The third-order valence-electron chi connectivity index (χ3n) is 6.01. The van der Waals surface area contributed by atoms with Gasteiger partial charge in [0.2, 0.25) is 0 Å². The Kier molecular flexibility index (Phi) is 5.62. The summed E-state index contributed by atoms with van der Waals surface area (Å²) in [6.45, 7) is 1.62. The van der Waals surface area contributed by atoms with Crippen LogP contribution in [-0.4, -0.2) is 29.8 Å². The Balaban J connectivity index is 1.43. The molecule has 2 aromatic carbocycles. The highest BCUT2D eigenvalue weighted by Gasteiger charge is 2.27. The number of carbonyl (C=O) groups is 2. The standard InChI is InChI=1S/C24H25N3O2/c25-15-17-6-8-19(9-7-17)23(28)26-21-10-11-22-20(14-21)12-13-27(24(22)29)16-18-4-2-1-3-5-18/h6-11,14,18H,1-5,12-13,16H2,(H,26,28). The fourth-order valence-corrected chi connectivity index (χ4v) is 4.37. The zero-order valence-electron chi connectivity index (χ0n) is 16.5. The fraction of sp³-hybridized carbons (Fsp3) is 0.375. The topological polar surface area (TPSA) is 73.2 Å². The number of hydrogen-bond acceptors (Lipinski definition) is 3. The first-order valence-electron chi connectivity index (χ1n) is 10.4. The largest absolute Gasteiger partial charge is 0.338 e. The first-order chi connectivity index (χ1) is 14.1. The quantitative estimate of drug-likeness (QED) is 0.846. The number of anilines is 1. The van der Waals surface area contributed by atoms with E-state index in [-0.39, 0.29) is 11.8 Å². The summed E-state index contributed by atoms with van der Waals surface area (Å²) in [7, 11) is 0. The average molecular weight is 387 g/mol. The van der Waals surface area contributed by atoms with Gasteiger partial charge in [-0.2, -0.15) is 5.26 Å². The number of rotatable bonds is 4. The molecule has 1 saturated carbocycles. The zero-order valence-corrected chi connectivity index (χ0v) is 16.5. The predicted molar refractivity (Wildman–Crippen MR) is 112 cm³/mol. The molecule has 0 unspecified atom stereocenters. The molecular weight excluding hydrogens is 362 g/mol. The molecule has 0 bridgehead atoms. The van der Waals surface area contributed by atoms with Crippen LogP contribution in [-0.2, 0) is 6.42 Å². The Morgan fingerprint density at radius 2 is 1.86 bits per heavy atom. The van der Waals surface area contributed by atoms with E-state index in [1.807, 2.05) is 23.1 Å². The van der Waals surface area contributed by atoms with E-state index in [9.17, 15) is 9.59 Å². The summed E-state index contributed by atoms with van der Waals surface area (Å²) in [5, 5.41) is 11.8. The van der Waals surface area contributed by atoms with Crippen LogP contribution in [0.2, 0.25) is 0 Å². The molecule has 1 aliphatic carbocycles. The molecular formula is C24H25N3O2. The maximum atomic E-state index is 12.9. The summed E-state index contributed by atoms with van der Waals surface area (Å²) < 4.78 is 0. The van der Waals surface area contributed by atoms with Crippen molar-refractivity contribution in [3.05, 3.63) is 64.7 Å². The second kappa shape index (κ2) is 8.48. The van der Waals surface area contributed by atoms with Crippen LogP contribution in [0.1, 0.15) is 63.9 Å². The van der Waals surface area contributed by atoms with Gasteiger partial charge in [-0.25, -0.2) is 0 Å². The summed E-state index contributed by atoms with van der Waals surface area (Å²) in [5.41, 5.74) is 3.45. The maximum Gasteiger partial charge on any atom is 0.255 e. The second-order valence-electron chi connectivity index (χ2n) is 8.02. The molecule has 1 aliphatic heterocycles. The van der Waals surface area contributed by atoms with Crippen molar-refractivity contribution in [2.24, 2.45) is 5.92 Å². The number of benzene rings is 2. The van der Waals surface area contributed by atoms with Crippen molar-refractivity contribution in [2.75, 3.05) is 18.4 Å². The van der Waals surface area contributed by atoms with Gasteiger partial charge in [0, 0.05) is 29.9 Å². The second-order valence-corrected chi connectivity index (χ2v) is 8.02. The van der Waals surface area contributed by atoms with Crippen LogP contribution >= 0.6 is 0 Å². The summed E-state index contributed by atoms with van der Waals surface area (Å²) in [4.78, 5) is 27.4. The van der Waals surface area contributed by atoms with Crippen molar-refractivity contribution in [2.45, 2.75) is 38.5 Å². The number of hydrogen-bond donors (Lipinski definition) is 1. The summed E-state index contributed by atoms with van der Waals surface area (Å²) in [6.07, 6.45) is 7.17. The molecule has 29 heavy (non-hydrogen) atoms. The minimum absolute atomic E-state index is 0.113. The first kappa shape index (κ1) is 19.2. The third kappa shape index (κ3) is 4.32. The molecule has 0 radical (unpaired) electrons. The van der Waals surface area contributed by atoms with Crippen LogP contribution in [0.25, 0.3) is 0 Å². The molecule has 2 amide bonds. The van der Waals surface area contributed by atoms with Gasteiger partial charge in [-0.15, -0.1) is 0 Å². The number of amides is 2. The van der Waals surface area contributed by atoms with E-state index in [1.54, 1.807) is 30.3 Å². The number of nitriles is 1. The van der Waals surface area contributed by atoms with Crippen LogP contribution in [0.4, 0.5) is 5.69 Å². The van der Waals surface area contributed by atoms with E-state index >= 15 is 0 Å². The van der Waals surface area contributed by atoms with Crippen LogP contribution in [0.3, 0.4) is 0 Å². The van der Waals surface area contributed by atoms with Crippen LogP contribution in [0.5, 0.6) is 0 Å². The van der Waals surface area contributed by atoms with Crippen LogP contribution < -0.4 is 5.32 Å². The lowest BCUT2D eigenvalue weighted by atomic mass is 9.88. The smallest absolute Gasteiger partial charge is 0.255 e. The van der Waals surface area contributed by atoms with Gasteiger partial charge in [0.1, 0.15) is 0 Å². The molecule has 1 N–H and O–H groups in total. The van der Waals surface area contributed by atoms with Gasteiger partial charge in [0.05, 0.1) is 11.6 Å². The van der Waals surface area contributed by atoms with Gasteiger partial charge in [0.15, 0.2) is 0 Å². The van der Waals surface area contributed by atoms with Crippen molar-refractivity contribution in [3.63, 3.8) is 0 Å². The van der Waals surface area contributed by atoms with E-state index in [0.29, 0.717) is 22.7 Å². The average Bonchev–Trinajstić information content (AvgIpc) is 2.76. The zero-order chi connectivity index (χ0) is 20.2. The molecule has 1 fully saturated rings. The van der Waals surface area contributed by atoms with E-state index in [2.05, 4.69) is 5.32 Å². The molecule has 4 rings (SSSR count). The predicted octanol–water partition coefficient (Wildman–Crippen LogP) is 4.39.